The molecule has 1 aromatic heterocycles. The van der Waals surface area contributed by atoms with Crippen molar-refractivity contribution in [3.63, 3.8) is 0 Å². The van der Waals surface area contributed by atoms with Gasteiger partial charge in [-0.3, -0.25) is 0 Å². The number of hydrogen-bond donors (Lipinski definition) is 1. The maximum absolute atomic E-state index is 13.0. The van der Waals surface area contributed by atoms with Crippen LogP contribution in [0.5, 0.6) is 0 Å². The molecule has 0 aliphatic heterocycles. The fraction of sp³-hybridized carbons (Fsp3) is 0. The van der Waals surface area contributed by atoms with Crippen LogP contribution in [-0.4, -0.2) is 9.97 Å². The highest BCUT2D eigenvalue weighted by atomic mass is 19.1. The normalized spacial score (nSPS) is 9.28. The maximum Gasteiger partial charge on any atom is 0.151 e. The fourth-order valence-corrected chi connectivity index (χ4v) is 1.36. The van der Waals surface area contributed by atoms with E-state index >= 15 is 0 Å². The van der Waals surface area contributed by atoms with E-state index in [4.69, 9.17) is 10.5 Å². The molecule has 0 unspecified atom stereocenters. The molecule has 6 heteroatoms. The highest BCUT2D eigenvalue weighted by Crippen LogP contribution is 2.21. The van der Waals surface area contributed by atoms with Gasteiger partial charge in [-0.05, 0) is 18.2 Å². The third kappa shape index (κ3) is 2.23. The van der Waals surface area contributed by atoms with Crippen LogP contribution in [0.1, 0.15) is 11.1 Å². The summed E-state index contributed by atoms with van der Waals surface area (Å²) < 4.78 is 13.0. The SMILES string of the molecule is N#Cc1cc(F)ccc1Nc1ncncc1C#N. The number of hydrogen-bond acceptors (Lipinski definition) is 5. The molecule has 2 aromatic rings. The van der Waals surface area contributed by atoms with Crippen LogP contribution in [-0.2, 0) is 0 Å². The van der Waals surface area contributed by atoms with Crippen molar-refractivity contribution in [1.29, 1.82) is 10.5 Å². The predicted molar refractivity (Wildman–Crippen MR) is 61.1 cm³/mol. The molecule has 5 nitrogen and oxygen atoms in total. The molecule has 0 amide bonds. The van der Waals surface area contributed by atoms with Crippen LogP contribution < -0.4 is 5.32 Å². The summed E-state index contributed by atoms with van der Waals surface area (Å²) in [5, 5.41) is 20.6. The molecule has 0 aliphatic carbocycles. The molecule has 0 atom stereocenters. The summed E-state index contributed by atoms with van der Waals surface area (Å²) in [6, 6.07) is 7.52. The first-order chi connectivity index (χ1) is 8.74. The number of halogens is 1. The second-order valence-corrected chi connectivity index (χ2v) is 3.32. The van der Waals surface area contributed by atoms with Gasteiger partial charge in [-0.15, -0.1) is 0 Å². The van der Waals surface area contributed by atoms with Crippen LogP contribution in [0.25, 0.3) is 0 Å². The van der Waals surface area contributed by atoms with E-state index in [1.165, 1.54) is 24.7 Å². The molecule has 0 saturated heterocycles. The van der Waals surface area contributed by atoms with Crippen molar-refractivity contribution in [1.82, 2.24) is 9.97 Å². The highest BCUT2D eigenvalue weighted by Gasteiger charge is 2.08. The molecule has 1 heterocycles. The molecule has 0 radical (unpaired) electrons. The van der Waals surface area contributed by atoms with Gasteiger partial charge in [0.25, 0.3) is 0 Å². The van der Waals surface area contributed by atoms with Crippen LogP contribution >= 0.6 is 0 Å². The van der Waals surface area contributed by atoms with Crippen molar-refractivity contribution in [2.45, 2.75) is 0 Å². The van der Waals surface area contributed by atoms with Crippen LogP contribution in [0.3, 0.4) is 0 Å². The Kier molecular flexibility index (Phi) is 3.13. The van der Waals surface area contributed by atoms with Crippen molar-refractivity contribution in [2.75, 3.05) is 5.32 Å². The lowest BCUT2D eigenvalue weighted by molar-refractivity contribution is 0.627. The molecular weight excluding hydrogens is 233 g/mol. The van der Waals surface area contributed by atoms with Gasteiger partial charge < -0.3 is 5.32 Å². The molecule has 86 valence electrons. The summed E-state index contributed by atoms with van der Waals surface area (Å²) in [6.07, 6.45) is 2.63. The fourth-order valence-electron chi connectivity index (χ4n) is 1.36. The first-order valence-electron chi connectivity index (χ1n) is 4.91. The summed E-state index contributed by atoms with van der Waals surface area (Å²) >= 11 is 0. The minimum atomic E-state index is -0.500. The molecule has 2 rings (SSSR count). The van der Waals surface area contributed by atoms with Gasteiger partial charge in [-0.1, -0.05) is 0 Å². The summed E-state index contributed by atoms with van der Waals surface area (Å²) in [6.45, 7) is 0. The predicted octanol–water partition coefficient (Wildman–Crippen LogP) is 2.10. The summed E-state index contributed by atoms with van der Waals surface area (Å²) in [7, 11) is 0. The van der Waals surface area contributed by atoms with Gasteiger partial charge in [0, 0.05) is 0 Å². The monoisotopic (exact) mass is 239 g/mol. The first kappa shape index (κ1) is 11.5. The number of nitriles is 2. The number of rotatable bonds is 2. The Bertz CT molecular complexity index is 669. The van der Waals surface area contributed by atoms with E-state index in [1.807, 2.05) is 12.1 Å². The third-order valence-electron chi connectivity index (χ3n) is 2.19. The molecule has 1 N–H and O–H groups in total. The first-order valence-corrected chi connectivity index (χ1v) is 4.91. The van der Waals surface area contributed by atoms with E-state index in [2.05, 4.69) is 15.3 Å². The van der Waals surface area contributed by atoms with Crippen molar-refractivity contribution < 1.29 is 4.39 Å². The number of anilines is 2. The molecule has 18 heavy (non-hydrogen) atoms. The number of aromatic nitrogens is 2. The second-order valence-electron chi connectivity index (χ2n) is 3.32. The lowest BCUT2D eigenvalue weighted by atomic mass is 10.2. The van der Waals surface area contributed by atoms with Gasteiger partial charge in [0.2, 0.25) is 0 Å². The van der Waals surface area contributed by atoms with Gasteiger partial charge in [0.15, 0.2) is 5.82 Å². The molecule has 0 bridgehead atoms. The lowest BCUT2D eigenvalue weighted by Gasteiger charge is -2.07. The van der Waals surface area contributed by atoms with Crippen molar-refractivity contribution in [3.05, 3.63) is 47.7 Å². The minimum Gasteiger partial charge on any atom is -0.338 e. The van der Waals surface area contributed by atoms with Crippen molar-refractivity contribution >= 4 is 11.5 Å². The number of nitrogens with zero attached hydrogens (tertiary/aromatic N) is 4. The quantitative estimate of drug-likeness (QED) is 0.867. The minimum absolute atomic E-state index is 0.137. The van der Waals surface area contributed by atoms with Gasteiger partial charge in [-0.25, -0.2) is 14.4 Å². The average molecular weight is 239 g/mol. The van der Waals surface area contributed by atoms with Gasteiger partial charge in [-0.2, -0.15) is 10.5 Å². The third-order valence-corrected chi connectivity index (χ3v) is 2.19. The van der Waals surface area contributed by atoms with E-state index in [0.29, 0.717) is 5.69 Å². The Morgan fingerprint density at radius 3 is 2.67 bits per heavy atom. The van der Waals surface area contributed by atoms with Crippen LogP contribution in [0.4, 0.5) is 15.9 Å². The van der Waals surface area contributed by atoms with Crippen LogP contribution in [0, 0.1) is 28.5 Å². The Balaban J connectivity index is 2.41. The standard InChI is InChI=1S/C12H6FN5/c13-10-1-2-11(8(3-10)4-14)18-12-9(5-15)6-16-7-17-12/h1-3,6-7H,(H,16,17,18). The van der Waals surface area contributed by atoms with Gasteiger partial charge >= 0.3 is 0 Å². The maximum atomic E-state index is 13.0. The number of benzene rings is 1. The number of nitrogens with one attached hydrogen (secondary N) is 1. The van der Waals surface area contributed by atoms with Crippen molar-refractivity contribution in [2.24, 2.45) is 0 Å². The zero-order valence-corrected chi connectivity index (χ0v) is 9.05. The second kappa shape index (κ2) is 4.89. The van der Waals surface area contributed by atoms with Gasteiger partial charge in [0.05, 0.1) is 17.4 Å². The van der Waals surface area contributed by atoms with E-state index in [1.54, 1.807) is 0 Å². The van der Waals surface area contributed by atoms with E-state index < -0.39 is 5.82 Å². The highest BCUT2D eigenvalue weighted by molar-refractivity contribution is 5.67. The largest absolute Gasteiger partial charge is 0.338 e. The Morgan fingerprint density at radius 1 is 1.17 bits per heavy atom. The van der Waals surface area contributed by atoms with E-state index in [9.17, 15) is 4.39 Å². The average Bonchev–Trinajstić information content (AvgIpc) is 2.41. The molecule has 0 fully saturated rings. The summed E-state index contributed by atoms with van der Waals surface area (Å²) in [5.74, 6) is -0.226. The van der Waals surface area contributed by atoms with Crippen LogP contribution in [0.2, 0.25) is 0 Å². The molecular formula is C12H6FN5. The molecule has 0 saturated carbocycles. The Labute approximate surface area is 102 Å². The zero-order valence-electron chi connectivity index (χ0n) is 9.05. The van der Waals surface area contributed by atoms with Crippen LogP contribution in [0.15, 0.2) is 30.7 Å². The van der Waals surface area contributed by atoms with Crippen molar-refractivity contribution in [3.8, 4) is 12.1 Å². The topological polar surface area (TPSA) is 85.4 Å². The summed E-state index contributed by atoms with van der Waals surface area (Å²) in [4.78, 5) is 7.61. The summed E-state index contributed by atoms with van der Waals surface area (Å²) in [5.41, 5.74) is 0.761. The van der Waals surface area contributed by atoms with Gasteiger partial charge in [0.1, 0.15) is 29.8 Å². The molecule has 0 spiro atoms. The lowest BCUT2D eigenvalue weighted by Crippen LogP contribution is -1.99. The Morgan fingerprint density at radius 2 is 1.94 bits per heavy atom. The van der Waals surface area contributed by atoms with E-state index in [0.717, 1.165) is 6.07 Å². The smallest absolute Gasteiger partial charge is 0.151 e. The Hall–Kier alpha value is -2.99. The zero-order chi connectivity index (χ0) is 13.0. The van der Waals surface area contributed by atoms with E-state index in [-0.39, 0.29) is 16.9 Å². The molecule has 1 aromatic carbocycles. The molecule has 0 aliphatic rings.